The Hall–Kier alpha value is -0.730. The minimum absolute atomic E-state index is 0.466. The van der Waals surface area contributed by atoms with Gasteiger partial charge in [0.2, 0.25) is 0 Å². The second kappa shape index (κ2) is 6.95. The summed E-state index contributed by atoms with van der Waals surface area (Å²) in [6, 6.07) is 1.38. The molecule has 0 saturated heterocycles. The number of aliphatic carboxylic acids is 1. The van der Waals surface area contributed by atoms with Gasteiger partial charge in [0.05, 0.1) is 17.8 Å². The van der Waals surface area contributed by atoms with Crippen LogP contribution in [0.15, 0.2) is 0 Å². The molecule has 0 aliphatic heterocycles. The monoisotopic (exact) mass is 188 g/mol. The van der Waals surface area contributed by atoms with Gasteiger partial charge in [0, 0.05) is 6.42 Å². The van der Waals surface area contributed by atoms with Crippen LogP contribution in [0.5, 0.6) is 0 Å². The van der Waals surface area contributed by atoms with Crippen LogP contribution in [-0.2, 0) is 4.79 Å². The molecule has 0 saturated carbocycles. The number of carbonyl (C=O) groups is 1. The lowest BCUT2D eigenvalue weighted by molar-refractivity contribution is -0.431. The number of rotatable bonds is 6. The van der Waals surface area contributed by atoms with Crippen LogP contribution in [0, 0.1) is 11.3 Å². The van der Waals surface area contributed by atoms with Crippen molar-refractivity contribution in [1.29, 1.82) is 5.26 Å². The fourth-order valence-corrected chi connectivity index (χ4v) is 1.48. The lowest BCUT2D eigenvalue weighted by atomic mass is 10.4. The average Bonchev–Trinajstić information content (AvgIpc) is 2.03. The molecule has 0 heterocycles. The zero-order valence-corrected chi connectivity index (χ0v) is 7.60. The Labute approximate surface area is 75.7 Å². The van der Waals surface area contributed by atoms with Gasteiger partial charge in [-0.3, -0.25) is 0 Å². The summed E-state index contributed by atoms with van der Waals surface area (Å²) >= 11 is 1.50. The van der Waals surface area contributed by atoms with Gasteiger partial charge in [0.1, 0.15) is 6.04 Å². The number of quaternary nitrogens is 1. The lowest BCUT2D eigenvalue weighted by Gasteiger charge is -2.07. The van der Waals surface area contributed by atoms with Crippen LogP contribution in [0.4, 0.5) is 0 Å². The molecule has 0 radical (unpaired) electrons. The van der Waals surface area contributed by atoms with Gasteiger partial charge in [-0.25, -0.2) is 0 Å². The number of carboxylic acid groups (broad SMARTS) is 1. The minimum Gasteiger partial charge on any atom is -0.544 e. The van der Waals surface area contributed by atoms with Gasteiger partial charge in [0.15, 0.2) is 0 Å². The molecule has 0 amide bonds. The molecule has 0 bridgehead atoms. The summed E-state index contributed by atoms with van der Waals surface area (Å²) in [5.41, 5.74) is 3.41. The Morgan fingerprint density at radius 2 is 2.42 bits per heavy atom. The molecule has 0 rings (SSSR count). The molecule has 12 heavy (non-hydrogen) atoms. The first-order valence-electron chi connectivity index (χ1n) is 3.67. The quantitative estimate of drug-likeness (QED) is 0.507. The highest BCUT2D eigenvalue weighted by Gasteiger charge is 2.05. The van der Waals surface area contributed by atoms with E-state index >= 15 is 0 Å². The van der Waals surface area contributed by atoms with E-state index < -0.39 is 12.0 Å². The number of unbranched alkanes of at least 4 members (excludes halogenated alkanes) is 1. The largest absolute Gasteiger partial charge is 0.544 e. The zero-order valence-electron chi connectivity index (χ0n) is 6.78. The maximum Gasteiger partial charge on any atom is 0.134 e. The summed E-state index contributed by atoms with van der Waals surface area (Å²) < 4.78 is 0. The number of nitriles is 1. The zero-order chi connectivity index (χ0) is 9.40. The van der Waals surface area contributed by atoms with Gasteiger partial charge >= 0.3 is 0 Å². The topological polar surface area (TPSA) is 91.6 Å². The average molecular weight is 188 g/mol. The third-order valence-electron chi connectivity index (χ3n) is 1.23. The van der Waals surface area contributed by atoms with Gasteiger partial charge in [-0.1, -0.05) is 0 Å². The van der Waals surface area contributed by atoms with Gasteiger partial charge in [-0.05, 0) is 12.2 Å². The fraction of sp³-hybridized carbons (Fsp3) is 0.714. The highest BCUT2D eigenvalue weighted by Crippen LogP contribution is 2.04. The van der Waals surface area contributed by atoms with E-state index in [2.05, 4.69) is 5.73 Å². The molecule has 0 aromatic rings. The van der Waals surface area contributed by atoms with E-state index in [0.717, 1.165) is 12.2 Å². The lowest BCUT2D eigenvalue weighted by Crippen LogP contribution is -2.69. The standard InChI is InChI=1S/C7H12N2O2S/c8-3-1-2-4-12-5-6(9)7(10)11/h6H,1-2,4-5,9H2,(H,10,11)/t6-/m0/s1. The van der Waals surface area contributed by atoms with Crippen molar-refractivity contribution in [3.05, 3.63) is 0 Å². The number of carboxylic acids is 1. The smallest absolute Gasteiger partial charge is 0.134 e. The molecule has 4 nitrogen and oxygen atoms in total. The number of nitrogens with zero attached hydrogens (tertiary/aromatic N) is 1. The summed E-state index contributed by atoms with van der Waals surface area (Å²) in [6.45, 7) is 0. The number of hydrogen-bond acceptors (Lipinski definition) is 4. The van der Waals surface area contributed by atoms with Crippen molar-refractivity contribution in [2.45, 2.75) is 18.9 Å². The van der Waals surface area contributed by atoms with Crippen molar-refractivity contribution in [1.82, 2.24) is 0 Å². The van der Waals surface area contributed by atoms with Crippen LogP contribution in [0.2, 0.25) is 0 Å². The Balaban J connectivity index is 3.21. The van der Waals surface area contributed by atoms with Crippen molar-refractivity contribution in [3.8, 4) is 6.07 Å². The Morgan fingerprint density at radius 1 is 1.75 bits per heavy atom. The fourth-order valence-electron chi connectivity index (χ4n) is 0.547. The molecule has 0 aromatic heterocycles. The van der Waals surface area contributed by atoms with E-state index in [9.17, 15) is 9.90 Å². The Kier molecular flexibility index (Phi) is 6.53. The van der Waals surface area contributed by atoms with Crippen molar-refractivity contribution in [2.75, 3.05) is 11.5 Å². The molecule has 0 spiro atoms. The second-order valence-corrected chi connectivity index (χ2v) is 3.50. The Morgan fingerprint density at radius 3 is 2.92 bits per heavy atom. The van der Waals surface area contributed by atoms with E-state index in [-0.39, 0.29) is 0 Å². The molecular formula is C7H12N2O2S. The predicted molar refractivity (Wildman–Crippen MR) is 43.9 cm³/mol. The Bertz CT molecular complexity index is 179. The molecular weight excluding hydrogens is 176 g/mol. The van der Waals surface area contributed by atoms with E-state index in [4.69, 9.17) is 5.26 Å². The summed E-state index contributed by atoms with van der Waals surface area (Å²) in [5, 5.41) is 18.4. The van der Waals surface area contributed by atoms with Crippen molar-refractivity contribution >= 4 is 17.7 Å². The molecule has 1 atom stereocenters. The third kappa shape index (κ3) is 6.01. The minimum atomic E-state index is -1.11. The maximum absolute atomic E-state index is 10.2. The molecule has 5 heteroatoms. The number of carbonyl (C=O) groups excluding carboxylic acids is 1. The van der Waals surface area contributed by atoms with Crippen LogP contribution >= 0.6 is 11.8 Å². The highest BCUT2D eigenvalue weighted by atomic mass is 32.2. The third-order valence-corrected chi connectivity index (χ3v) is 2.45. The van der Waals surface area contributed by atoms with Crippen LogP contribution < -0.4 is 10.8 Å². The highest BCUT2D eigenvalue weighted by molar-refractivity contribution is 7.99. The molecule has 0 unspecified atom stereocenters. The van der Waals surface area contributed by atoms with E-state index in [1.807, 2.05) is 6.07 Å². The molecule has 0 aliphatic carbocycles. The summed E-state index contributed by atoms with van der Waals surface area (Å²) in [4.78, 5) is 10.2. The number of thioether (sulfide) groups is 1. The molecule has 0 aromatic carbocycles. The predicted octanol–water partition coefficient (Wildman–Crippen LogP) is -1.62. The first kappa shape index (κ1) is 11.3. The summed E-state index contributed by atoms with van der Waals surface area (Å²) in [5.74, 6) is 0.170. The molecule has 0 fully saturated rings. The van der Waals surface area contributed by atoms with Crippen molar-refractivity contribution in [3.63, 3.8) is 0 Å². The van der Waals surface area contributed by atoms with E-state index in [0.29, 0.717) is 12.2 Å². The van der Waals surface area contributed by atoms with Crippen LogP contribution in [0.3, 0.4) is 0 Å². The van der Waals surface area contributed by atoms with Crippen LogP contribution in [0.25, 0.3) is 0 Å². The molecule has 68 valence electrons. The summed E-state index contributed by atoms with van der Waals surface area (Å²) in [6.07, 6.45) is 1.33. The normalized spacial score (nSPS) is 12.0. The van der Waals surface area contributed by atoms with E-state index in [1.165, 1.54) is 11.8 Å². The van der Waals surface area contributed by atoms with Crippen molar-refractivity contribution in [2.24, 2.45) is 0 Å². The van der Waals surface area contributed by atoms with Crippen LogP contribution in [-0.4, -0.2) is 23.5 Å². The van der Waals surface area contributed by atoms with Gasteiger partial charge < -0.3 is 15.6 Å². The number of hydrogen-bond donors (Lipinski definition) is 1. The molecule has 0 aliphatic rings. The van der Waals surface area contributed by atoms with Gasteiger partial charge in [0.25, 0.3) is 0 Å². The van der Waals surface area contributed by atoms with E-state index in [1.54, 1.807) is 0 Å². The van der Waals surface area contributed by atoms with Gasteiger partial charge in [-0.2, -0.15) is 17.0 Å². The van der Waals surface area contributed by atoms with Gasteiger partial charge in [-0.15, -0.1) is 0 Å². The molecule has 3 N–H and O–H groups in total. The van der Waals surface area contributed by atoms with Crippen molar-refractivity contribution < 1.29 is 15.6 Å². The second-order valence-electron chi connectivity index (χ2n) is 2.35. The van der Waals surface area contributed by atoms with Crippen LogP contribution in [0.1, 0.15) is 12.8 Å². The SMILES string of the molecule is N#CCCCSC[C@H]([NH3+])C(=O)[O-]. The first-order valence-corrected chi connectivity index (χ1v) is 4.82. The maximum atomic E-state index is 10.2. The first-order chi connectivity index (χ1) is 5.68. The summed E-state index contributed by atoms with van der Waals surface area (Å²) in [7, 11) is 0.